The van der Waals surface area contributed by atoms with Crippen LogP contribution in [0.3, 0.4) is 0 Å². The number of allylic oxidation sites excluding steroid dienone is 1. The molecule has 72 valence electrons. The second-order valence-electron chi connectivity index (χ2n) is 2.53. The normalized spacial score (nSPS) is 12.5. The zero-order valence-corrected chi connectivity index (χ0v) is 8.43. The first-order valence-corrected chi connectivity index (χ1v) is 5.56. The van der Waals surface area contributed by atoms with Crippen LogP contribution in [0.1, 0.15) is 32.6 Å². The Hall–Kier alpha value is -0.350. The van der Waals surface area contributed by atoms with Crippen molar-refractivity contribution >= 4 is 10.1 Å². The van der Waals surface area contributed by atoms with Crippen LogP contribution in [0.4, 0.5) is 0 Å². The van der Waals surface area contributed by atoms with E-state index in [1.807, 2.05) is 0 Å². The molecule has 0 unspecified atom stereocenters. The van der Waals surface area contributed by atoms with E-state index in [1.54, 1.807) is 6.08 Å². The first kappa shape index (κ1) is 11.6. The molecule has 0 fully saturated rings. The molecule has 0 aromatic carbocycles. The third-order valence-electron chi connectivity index (χ3n) is 1.47. The van der Waals surface area contributed by atoms with Crippen LogP contribution in [0.15, 0.2) is 11.5 Å². The molecule has 0 amide bonds. The van der Waals surface area contributed by atoms with Crippen molar-refractivity contribution in [2.45, 2.75) is 32.6 Å². The molecule has 0 aromatic rings. The molecule has 0 radical (unpaired) electrons. The monoisotopic (exact) mass is 192 g/mol. The van der Waals surface area contributed by atoms with Crippen LogP contribution in [0.5, 0.6) is 0 Å². The summed E-state index contributed by atoms with van der Waals surface area (Å²) in [5.74, 6) is 0. The summed E-state index contributed by atoms with van der Waals surface area (Å²) in [5, 5.41) is 1.11. The number of hydrogen-bond acceptors (Lipinski definition) is 3. The lowest BCUT2D eigenvalue weighted by Crippen LogP contribution is -1.95. The molecule has 0 saturated carbocycles. The lowest BCUT2D eigenvalue weighted by atomic mass is 10.2. The maximum Gasteiger partial charge on any atom is 0.289 e. The van der Waals surface area contributed by atoms with Gasteiger partial charge < -0.3 is 0 Å². The van der Waals surface area contributed by atoms with Crippen LogP contribution in [-0.4, -0.2) is 15.5 Å². The van der Waals surface area contributed by atoms with Crippen molar-refractivity contribution in [1.82, 2.24) is 0 Å². The van der Waals surface area contributed by atoms with E-state index in [0.29, 0.717) is 0 Å². The molecule has 4 heteroatoms. The van der Waals surface area contributed by atoms with Gasteiger partial charge in [0.15, 0.2) is 0 Å². The van der Waals surface area contributed by atoms with Gasteiger partial charge in [-0.3, -0.25) is 4.18 Å². The lowest BCUT2D eigenvalue weighted by Gasteiger charge is -1.93. The molecule has 0 N–H and O–H groups in total. The molecule has 0 atom stereocenters. The summed E-state index contributed by atoms with van der Waals surface area (Å²) in [6.45, 7) is 2.11. The molecular weight excluding hydrogens is 176 g/mol. The molecule has 0 heterocycles. The van der Waals surface area contributed by atoms with Gasteiger partial charge in [-0.1, -0.05) is 25.8 Å². The molecule has 0 aliphatic carbocycles. The van der Waals surface area contributed by atoms with Gasteiger partial charge >= 0.3 is 0 Å². The van der Waals surface area contributed by atoms with Crippen molar-refractivity contribution in [1.29, 1.82) is 0 Å². The molecule has 12 heavy (non-hydrogen) atoms. The molecular formula is C8H16O3S. The van der Waals surface area contributed by atoms with Gasteiger partial charge in [-0.2, -0.15) is 8.42 Å². The molecule has 0 rings (SSSR count). The van der Waals surface area contributed by atoms with Gasteiger partial charge in [0, 0.05) is 0 Å². The van der Waals surface area contributed by atoms with Gasteiger partial charge in [0.25, 0.3) is 10.1 Å². The Bertz CT molecular complexity index is 216. The minimum absolute atomic E-state index is 0.802. The van der Waals surface area contributed by atoms with E-state index in [0.717, 1.165) is 38.2 Å². The third kappa shape index (κ3) is 6.37. The predicted molar refractivity (Wildman–Crippen MR) is 49.2 cm³/mol. The molecule has 0 aliphatic rings. The fourth-order valence-corrected chi connectivity index (χ4v) is 1.24. The van der Waals surface area contributed by atoms with Crippen LogP contribution in [0.25, 0.3) is 0 Å². The van der Waals surface area contributed by atoms with Gasteiger partial charge in [0.2, 0.25) is 0 Å². The fraction of sp³-hybridized carbons (Fsp3) is 0.750. The van der Waals surface area contributed by atoms with E-state index in [-0.39, 0.29) is 0 Å². The molecule has 0 aliphatic heterocycles. The zero-order valence-electron chi connectivity index (χ0n) is 7.62. The van der Waals surface area contributed by atoms with E-state index in [2.05, 4.69) is 11.1 Å². The summed E-state index contributed by atoms with van der Waals surface area (Å²) < 4.78 is 25.7. The van der Waals surface area contributed by atoms with Crippen LogP contribution in [0.2, 0.25) is 0 Å². The van der Waals surface area contributed by atoms with Crippen LogP contribution in [0, 0.1) is 0 Å². The average molecular weight is 192 g/mol. The fourth-order valence-electron chi connectivity index (χ4n) is 0.754. The Balaban J connectivity index is 3.63. The second-order valence-corrected chi connectivity index (χ2v) is 4.12. The summed E-state index contributed by atoms with van der Waals surface area (Å²) in [4.78, 5) is 0. The van der Waals surface area contributed by atoms with E-state index in [9.17, 15) is 8.42 Å². The molecule has 3 nitrogen and oxygen atoms in total. The van der Waals surface area contributed by atoms with E-state index in [1.165, 1.54) is 0 Å². The summed E-state index contributed by atoms with van der Waals surface area (Å²) in [6.07, 6.45) is 5.75. The SMILES string of the molecule is CCCCCC=CS(=O)(=O)OC. The summed E-state index contributed by atoms with van der Waals surface area (Å²) in [5.41, 5.74) is 0. The Morgan fingerprint density at radius 3 is 2.50 bits per heavy atom. The summed E-state index contributed by atoms with van der Waals surface area (Å²) in [6, 6.07) is 0. The van der Waals surface area contributed by atoms with Gasteiger partial charge in [-0.25, -0.2) is 0 Å². The van der Waals surface area contributed by atoms with E-state index >= 15 is 0 Å². The average Bonchev–Trinajstić information content (AvgIpc) is 2.04. The maximum atomic E-state index is 10.7. The minimum Gasteiger partial charge on any atom is -0.270 e. The number of rotatable bonds is 6. The second kappa shape index (κ2) is 6.20. The van der Waals surface area contributed by atoms with Gasteiger partial charge in [0.05, 0.1) is 12.5 Å². The van der Waals surface area contributed by atoms with E-state index < -0.39 is 10.1 Å². The highest BCUT2D eigenvalue weighted by molar-refractivity contribution is 7.89. The first-order chi connectivity index (χ1) is 5.62. The molecule has 0 spiro atoms. The highest BCUT2D eigenvalue weighted by Gasteiger charge is 1.99. The first-order valence-electron chi connectivity index (χ1n) is 4.09. The topological polar surface area (TPSA) is 43.4 Å². The third-order valence-corrected chi connectivity index (χ3v) is 2.46. The van der Waals surface area contributed by atoms with Gasteiger partial charge in [0.1, 0.15) is 0 Å². The van der Waals surface area contributed by atoms with Crippen molar-refractivity contribution in [3.8, 4) is 0 Å². The Morgan fingerprint density at radius 1 is 1.33 bits per heavy atom. The van der Waals surface area contributed by atoms with Crippen molar-refractivity contribution in [2.24, 2.45) is 0 Å². The Morgan fingerprint density at radius 2 is 2.00 bits per heavy atom. The summed E-state index contributed by atoms with van der Waals surface area (Å²) >= 11 is 0. The van der Waals surface area contributed by atoms with Gasteiger partial charge in [-0.05, 0) is 12.8 Å². The van der Waals surface area contributed by atoms with Crippen LogP contribution in [-0.2, 0) is 14.3 Å². The van der Waals surface area contributed by atoms with Crippen molar-refractivity contribution < 1.29 is 12.6 Å². The summed E-state index contributed by atoms with van der Waals surface area (Å²) in [7, 11) is -2.23. The molecule has 0 bridgehead atoms. The standard InChI is InChI=1S/C8H16O3S/c1-3-4-5-6-7-8-12(9,10)11-2/h7-8H,3-6H2,1-2H3. The predicted octanol–water partition coefficient (Wildman–Crippen LogP) is 2.06. The van der Waals surface area contributed by atoms with Crippen molar-refractivity contribution in [3.63, 3.8) is 0 Å². The Kier molecular flexibility index (Phi) is 6.02. The smallest absolute Gasteiger partial charge is 0.270 e. The maximum absolute atomic E-state index is 10.7. The highest BCUT2D eigenvalue weighted by Crippen LogP contribution is 2.01. The number of unbranched alkanes of at least 4 members (excludes halogenated alkanes) is 3. The van der Waals surface area contributed by atoms with Crippen molar-refractivity contribution in [2.75, 3.05) is 7.11 Å². The van der Waals surface area contributed by atoms with E-state index in [4.69, 9.17) is 0 Å². The number of hydrogen-bond donors (Lipinski definition) is 0. The molecule has 0 saturated heterocycles. The van der Waals surface area contributed by atoms with Gasteiger partial charge in [-0.15, -0.1) is 0 Å². The Labute approximate surface area is 74.6 Å². The lowest BCUT2D eigenvalue weighted by molar-refractivity contribution is 0.406. The molecule has 0 aromatic heterocycles. The van der Waals surface area contributed by atoms with Crippen LogP contribution >= 0.6 is 0 Å². The van der Waals surface area contributed by atoms with Crippen LogP contribution < -0.4 is 0 Å². The zero-order chi connectivity index (χ0) is 9.45. The quantitative estimate of drug-likeness (QED) is 0.478. The van der Waals surface area contributed by atoms with Crippen molar-refractivity contribution in [3.05, 3.63) is 11.5 Å². The minimum atomic E-state index is -3.39. The largest absolute Gasteiger partial charge is 0.289 e. The highest BCUT2D eigenvalue weighted by atomic mass is 32.2.